The van der Waals surface area contributed by atoms with Gasteiger partial charge < -0.3 is 10.1 Å². The van der Waals surface area contributed by atoms with E-state index in [9.17, 15) is 0 Å². The molecule has 0 atom stereocenters. The highest BCUT2D eigenvalue weighted by molar-refractivity contribution is 5.30. The fraction of sp³-hybridized carbons (Fsp3) is 0.706. The molecule has 0 saturated heterocycles. The third-order valence-electron chi connectivity index (χ3n) is 4.15. The van der Waals surface area contributed by atoms with Crippen LogP contribution in [0, 0.1) is 5.41 Å². The van der Waals surface area contributed by atoms with E-state index >= 15 is 0 Å². The zero-order valence-corrected chi connectivity index (χ0v) is 13.3. The third-order valence-corrected chi connectivity index (χ3v) is 4.15. The van der Waals surface area contributed by atoms with E-state index in [4.69, 9.17) is 4.74 Å². The summed E-state index contributed by atoms with van der Waals surface area (Å²) in [5, 5.41) is 3.44. The first-order valence-corrected chi connectivity index (χ1v) is 7.79. The first-order chi connectivity index (χ1) is 9.46. The summed E-state index contributed by atoms with van der Waals surface area (Å²) in [6, 6.07) is 2.53. The van der Waals surface area contributed by atoms with Crippen molar-refractivity contribution in [2.24, 2.45) is 5.41 Å². The molecule has 0 aromatic carbocycles. The maximum Gasteiger partial charge on any atom is 0.142 e. The highest BCUT2D eigenvalue weighted by atomic mass is 16.5. The predicted molar refractivity (Wildman–Crippen MR) is 82.9 cm³/mol. The largest absolute Gasteiger partial charge is 0.488 e. The van der Waals surface area contributed by atoms with Crippen LogP contribution in [-0.2, 0) is 6.54 Å². The number of pyridine rings is 1. The van der Waals surface area contributed by atoms with Crippen LogP contribution in [0.1, 0.15) is 58.9 Å². The monoisotopic (exact) mass is 276 g/mol. The van der Waals surface area contributed by atoms with Crippen LogP contribution in [-0.4, -0.2) is 17.1 Å². The Balaban J connectivity index is 1.95. The van der Waals surface area contributed by atoms with Gasteiger partial charge in [0.15, 0.2) is 0 Å². The Labute approximate surface area is 123 Å². The molecule has 1 saturated carbocycles. The smallest absolute Gasteiger partial charge is 0.142 e. The molecule has 0 unspecified atom stereocenters. The van der Waals surface area contributed by atoms with Crippen molar-refractivity contribution in [3.63, 3.8) is 0 Å². The van der Waals surface area contributed by atoms with Crippen LogP contribution in [0.2, 0.25) is 0 Å². The lowest BCUT2D eigenvalue weighted by atomic mass is 9.76. The van der Waals surface area contributed by atoms with Crippen molar-refractivity contribution in [2.45, 2.75) is 72.1 Å². The van der Waals surface area contributed by atoms with Gasteiger partial charge in [-0.2, -0.15) is 0 Å². The summed E-state index contributed by atoms with van der Waals surface area (Å²) in [5.41, 5.74) is 1.69. The summed E-state index contributed by atoms with van der Waals surface area (Å²) in [7, 11) is 0. The molecule has 1 aliphatic rings. The molecule has 1 N–H and O–H groups in total. The summed E-state index contributed by atoms with van der Waals surface area (Å²) in [4.78, 5) is 4.21. The van der Waals surface area contributed by atoms with Crippen LogP contribution < -0.4 is 10.1 Å². The van der Waals surface area contributed by atoms with Gasteiger partial charge in [0.25, 0.3) is 0 Å². The van der Waals surface area contributed by atoms with Crippen molar-refractivity contribution in [3.8, 4) is 5.75 Å². The second-order valence-corrected chi connectivity index (χ2v) is 7.00. The summed E-state index contributed by atoms with van der Waals surface area (Å²) in [6.07, 6.45) is 8.85. The second kappa shape index (κ2) is 6.57. The maximum atomic E-state index is 6.21. The first kappa shape index (κ1) is 15.3. The Hall–Kier alpha value is -1.09. The lowest BCUT2D eigenvalue weighted by Crippen LogP contribution is -2.29. The molecule has 0 spiro atoms. The quantitative estimate of drug-likeness (QED) is 0.885. The molecule has 1 aliphatic carbocycles. The molecule has 1 heterocycles. The molecule has 0 radical (unpaired) electrons. The summed E-state index contributed by atoms with van der Waals surface area (Å²) in [5.74, 6) is 0.949. The average molecular weight is 276 g/mol. The summed E-state index contributed by atoms with van der Waals surface area (Å²) < 4.78 is 6.21. The molecule has 3 nitrogen and oxygen atoms in total. The Kier molecular flexibility index (Phi) is 5.03. The van der Waals surface area contributed by atoms with E-state index in [1.807, 2.05) is 12.4 Å². The van der Waals surface area contributed by atoms with Crippen LogP contribution in [0.25, 0.3) is 0 Å². The zero-order chi connectivity index (χ0) is 14.6. The van der Waals surface area contributed by atoms with E-state index in [2.05, 4.69) is 44.1 Å². The van der Waals surface area contributed by atoms with Gasteiger partial charge in [-0.15, -0.1) is 0 Å². The summed E-state index contributed by atoms with van der Waals surface area (Å²) >= 11 is 0. The fourth-order valence-corrected chi connectivity index (χ4v) is 2.65. The average Bonchev–Trinajstić information content (AvgIpc) is 2.40. The standard InChI is InChI=1S/C17H28N2O/c1-13(2)19-11-14-7-10-18-12-16(14)20-15-5-8-17(3,4)9-6-15/h7,10,12-13,15,19H,5-6,8-9,11H2,1-4H3. The molecule has 112 valence electrons. The number of nitrogens with one attached hydrogen (secondary N) is 1. The van der Waals surface area contributed by atoms with Crippen molar-refractivity contribution in [1.82, 2.24) is 10.3 Å². The van der Waals surface area contributed by atoms with Crippen molar-refractivity contribution in [3.05, 3.63) is 24.0 Å². The third kappa shape index (κ3) is 4.48. The zero-order valence-electron chi connectivity index (χ0n) is 13.3. The SMILES string of the molecule is CC(C)NCc1ccncc1OC1CCC(C)(C)CC1. The minimum Gasteiger partial charge on any atom is -0.488 e. The van der Waals surface area contributed by atoms with Crippen molar-refractivity contribution < 1.29 is 4.74 Å². The molecule has 0 aliphatic heterocycles. The van der Waals surface area contributed by atoms with Crippen LogP contribution >= 0.6 is 0 Å². The van der Waals surface area contributed by atoms with Gasteiger partial charge >= 0.3 is 0 Å². The molecule has 1 fully saturated rings. The summed E-state index contributed by atoms with van der Waals surface area (Å²) in [6.45, 7) is 9.86. The molecule has 1 aromatic heterocycles. The molecule has 0 amide bonds. The molecule has 1 aromatic rings. The number of hydrogen-bond donors (Lipinski definition) is 1. The minimum atomic E-state index is 0.352. The van der Waals surface area contributed by atoms with E-state index in [0.717, 1.165) is 25.1 Å². The van der Waals surface area contributed by atoms with E-state index in [1.165, 1.54) is 18.4 Å². The van der Waals surface area contributed by atoms with Gasteiger partial charge in [-0.3, -0.25) is 4.98 Å². The van der Waals surface area contributed by atoms with Gasteiger partial charge in [0.05, 0.1) is 12.3 Å². The first-order valence-electron chi connectivity index (χ1n) is 7.79. The molecule has 2 rings (SSSR count). The van der Waals surface area contributed by atoms with E-state index in [-0.39, 0.29) is 0 Å². The lowest BCUT2D eigenvalue weighted by Gasteiger charge is -2.34. The lowest BCUT2D eigenvalue weighted by molar-refractivity contribution is 0.0974. The van der Waals surface area contributed by atoms with Gasteiger partial charge in [-0.25, -0.2) is 0 Å². The van der Waals surface area contributed by atoms with Crippen molar-refractivity contribution in [1.29, 1.82) is 0 Å². The van der Waals surface area contributed by atoms with Gasteiger partial charge in [0.2, 0.25) is 0 Å². The van der Waals surface area contributed by atoms with Crippen LogP contribution in [0.15, 0.2) is 18.5 Å². The van der Waals surface area contributed by atoms with Gasteiger partial charge in [0, 0.05) is 24.3 Å². The Morgan fingerprint density at radius 2 is 2.05 bits per heavy atom. The Bertz CT molecular complexity index is 419. The van der Waals surface area contributed by atoms with Gasteiger partial charge in [-0.05, 0) is 37.2 Å². The number of aromatic nitrogens is 1. The van der Waals surface area contributed by atoms with Gasteiger partial charge in [-0.1, -0.05) is 27.7 Å². The Morgan fingerprint density at radius 1 is 1.35 bits per heavy atom. The van der Waals surface area contributed by atoms with Crippen molar-refractivity contribution in [2.75, 3.05) is 0 Å². The number of nitrogens with zero attached hydrogens (tertiary/aromatic N) is 1. The number of ether oxygens (including phenoxy) is 1. The minimum absolute atomic E-state index is 0.352. The van der Waals surface area contributed by atoms with Crippen LogP contribution in [0.4, 0.5) is 0 Å². The highest BCUT2D eigenvalue weighted by Crippen LogP contribution is 2.36. The molecule has 3 heteroatoms. The number of hydrogen-bond acceptors (Lipinski definition) is 3. The second-order valence-electron chi connectivity index (χ2n) is 7.00. The topological polar surface area (TPSA) is 34.2 Å². The van der Waals surface area contributed by atoms with Crippen molar-refractivity contribution >= 4 is 0 Å². The van der Waals surface area contributed by atoms with E-state index < -0.39 is 0 Å². The highest BCUT2D eigenvalue weighted by Gasteiger charge is 2.28. The normalized spacial score (nSPS) is 19.2. The number of rotatable bonds is 5. The van der Waals surface area contributed by atoms with Gasteiger partial charge in [0.1, 0.15) is 5.75 Å². The fourth-order valence-electron chi connectivity index (χ4n) is 2.65. The van der Waals surface area contributed by atoms with E-state index in [1.54, 1.807) is 0 Å². The Morgan fingerprint density at radius 3 is 2.70 bits per heavy atom. The van der Waals surface area contributed by atoms with Crippen LogP contribution in [0.3, 0.4) is 0 Å². The van der Waals surface area contributed by atoms with Crippen LogP contribution in [0.5, 0.6) is 5.75 Å². The molecule has 0 bridgehead atoms. The maximum absolute atomic E-state index is 6.21. The molecule has 20 heavy (non-hydrogen) atoms. The molecular formula is C17H28N2O. The molecular weight excluding hydrogens is 248 g/mol. The predicted octanol–water partition coefficient (Wildman–Crippen LogP) is 3.93. The van der Waals surface area contributed by atoms with E-state index in [0.29, 0.717) is 17.6 Å².